The number of hydrogen-bond donors (Lipinski definition) is 1. The van der Waals surface area contributed by atoms with Gasteiger partial charge in [0.25, 0.3) is 0 Å². The SMILES string of the molecule is FC(F)(F)c1cc(Cl)nc(Nc2ccc(I)cc2)c1. The number of aromatic nitrogens is 1. The van der Waals surface area contributed by atoms with E-state index in [1.807, 2.05) is 12.1 Å². The Morgan fingerprint density at radius 3 is 2.32 bits per heavy atom. The Kier molecular flexibility index (Phi) is 4.19. The molecule has 0 unspecified atom stereocenters. The Morgan fingerprint density at radius 2 is 1.74 bits per heavy atom. The average molecular weight is 399 g/mol. The van der Waals surface area contributed by atoms with Crippen LogP contribution in [0, 0.1) is 3.57 Å². The predicted octanol–water partition coefficient (Wildman–Crippen LogP) is 5.10. The highest BCUT2D eigenvalue weighted by molar-refractivity contribution is 14.1. The van der Waals surface area contributed by atoms with E-state index in [9.17, 15) is 13.2 Å². The van der Waals surface area contributed by atoms with Gasteiger partial charge in [0.05, 0.1) is 5.56 Å². The molecule has 1 aromatic carbocycles. The summed E-state index contributed by atoms with van der Waals surface area (Å²) in [5.74, 6) is 0.0565. The molecule has 0 aliphatic carbocycles. The minimum Gasteiger partial charge on any atom is -0.340 e. The van der Waals surface area contributed by atoms with Crippen LogP contribution in [0.5, 0.6) is 0 Å². The third-order valence-corrected chi connectivity index (χ3v) is 3.15. The minimum atomic E-state index is -4.45. The molecule has 1 N–H and O–H groups in total. The van der Waals surface area contributed by atoms with Gasteiger partial charge in [0.2, 0.25) is 0 Å². The molecular weight excluding hydrogens is 391 g/mol. The van der Waals surface area contributed by atoms with Gasteiger partial charge in [-0.1, -0.05) is 11.6 Å². The lowest BCUT2D eigenvalue weighted by Gasteiger charge is -2.10. The first-order valence-electron chi connectivity index (χ1n) is 5.12. The summed E-state index contributed by atoms with van der Waals surface area (Å²) in [6.07, 6.45) is -4.45. The van der Waals surface area contributed by atoms with Crippen molar-refractivity contribution in [2.24, 2.45) is 0 Å². The number of halogens is 5. The fourth-order valence-electron chi connectivity index (χ4n) is 1.41. The molecular formula is C12H7ClF3IN2. The molecule has 0 amide bonds. The van der Waals surface area contributed by atoms with Crippen LogP contribution in [0.3, 0.4) is 0 Å². The summed E-state index contributed by atoms with van der Waals surface area (Å²) < 4.78 is 38.9. The zero-order valence-electron chi connectivity index (χ0n) is 9.30. The van der Waals surface area contributed by atoms with Crippen molar-refractivity contribution in [1.29, 1.82) is 0 Å². The van der Waals surface area contributed by atoms with E-state index in [1.165, 1.54) is 0 Å². The van der Waals surface area contributed by atoms with Gasteiger partial charge in [-0.3, -0.25) is 0 Å². The fraction of sp³-hybridized carbons (Fsp3) is 0.0833. The van der Waals surface area contributed by atoms with Crippen molar-refractivity contribution in [3.63, 3.8) is 0 Å². The van der Waals surface area contributed by atoms with E-state index in [-0.39, 0.29) is 11.0 Å². The van der Waals surface area contributed by atoms with Crippen LogP contribution >= 0.6 is 34.2 Å². The number of benzene rings is 1. The monoisotopic (exact) mass is 398 g/mol. The smallest absolute Gasteiger partial charge is 0.340 e. The van der Waals surface area contributed by atoms with Crippen LogP contribution in [0.1, 0.15) is 5.56 Å². The number of rotatable bonds is 2. The number of hydrogen-bond acceptors (Lipinski definition) is 2. The quantitative estimate of drug-likeness (QED) is 0.562. The molecule has 19 heavy (non-hydrogen) atoms. The molecule has 2 nitrogen and oxygen atoms in total. The van der Waals surface area contributed by atoms with Gasteiger partial charge in [0.15, 0.2) is 0 Å². The number of nitrogens with one attached hydrogen (secondary N) is 1. The van der Waals surface area contributed by atoms with Crippen molar-refractivity contribution < 1.29 is 13.2 Å². The molecule has 0 atom stereocenters. The van der Waals surface area contributed by atoms with Crippen LogP contribution in [0.25, 0.3) is 0 Å². The highest BCUT2D eigenvalue weighted by Crippen LogP contribution is 2.32. The van der Waals surface area contributed by atoms with Gasteiger partial charge in [-0.25, -0.2) is 4.98 Å². The first-order valence-corrected chi connectivity index (χ1v) is 6.57. The summed E-state index contributed by atoms with van der Waals surface area (Å²) in [6.45, 7) is 0. The molecule has 0 saturated carbocycles. The molecule has 0 spiro atoms. The van der Waals surface area contributed by atoms with E-state index in [2.05, 4.69) is 32.9 Å². The second-order valence-electron chi connectivity index (χ2n) is 3.69. The van der Waals surface area contributed by atoms with Crippen molar-refractivity contribution in [3.05, 3.63) is 50.7 Å². The van der Waals surface area contributed by atoms with Crippen molar-refractivity contribution in [2.75, 3.05) is 5.32 Å². The summed E-state index contributed by atoms with van der Waals surface area (Å²) in [5, 5.41) is 2.58. The van der Waals surface area contributed by atoms with Gasteiger partial charge in [-0.15, -0.1) is 0 Å². The van der Waals surface area contributed by atoms with E-state index in [1.54, 1.807) is 12.1 Å². The van der Waals surface area contributed by atoms with E-state index in [4.69, 9.17) is 11.6 Å². The van der Waals surface area contributed by atoms with Crippen molar-refractivity contribution in [1.82, 2.24) is 4.98 Å². The zero-order valence-corrected chi connectivity index (χ0v) is 12.2. The minimum absolute atomic E-state index is 0.0565. The Bertz CT molecular complexity index is 585. The highest BCUT2D eigenvalue weighted by atomic mass is 127. The molecule has 100 valence electrons. The van der Waals surface area contributed by atoms with Gasteiger partial charge >= 0.3 is 6.18 Å². The normalized spacial score (nSPS) is 11.4. The number of anilines is 2. The van der Waals surface area contributed by atoms with Gasteiger partial charge in [0.1, 0.15) is 11.0 Å². The summed E-state index contributed by atoms with van der Waals surface area (Å²) in [4.78, 5) is 3.82. The van der Waals surface area contributed by atoms with Crippen LogP contribution in [0.2, 0.25) is 5.15 Å². The van der Waals surface area contributed by atoms with Gasteiger partial charge < -0.3 is 5.32 Å². The summed E-state index contributed by atoms with van der Waals surface area (Å²) >= 11 is 7.73. The van der Waals surface area contributed by atoms with Crippen LogP contribution in [-0.2, 0) is 6.18 Å². The van der Waals surface area contributed by atoms with Crippen LogP contribution in [0.4, 0.5) is 24.7 Å². The number of pyridine rings is 1. The third-order valence-electron chi connectivity index (χ3n) is 2.24. The van der Waals surface area contributed by atoms with E-state index >= 15 is 0 Å². The molecule has 0 saturated heterocycles. The second kappa shape index (κ2) is 5.54. The van der Waals surface area contributed by atoms with Gasteiger partial charge in [-0.05, 0) is 59.0 Å². The predicted molar refractivity (Wildman–Crippen MR) is 76.7 cm³/mol. The van der Waals surface area contributed by atoms with E-state index in [0.29, 0.717) is 5.69 Å². The summed E-state index contributed by atoms with van der Waals surface area (Å²) in [7, 11) is 0. The van der Waals surface area contributed by atoms with Gasteiger partial charge in [0, 0.05) is 9.26 Å². The average Bonchev–Trinajstić information content (AvgIpc) is 2.30. The maximum atomic E-state index is 12.6. The first-order chi connectivity index (χ1) is 8.84. The molecule has 2 rings (SSSR count). The molecule has 0 aliphatic rings. The van der Waals surface area contributed by atoms with Gasteiger partial charge in [-0.2, -0.15) is 13.2 Å². The maximum Gasteiger partial charge on any atom is 0.416 e. The standard InChI is InChI=1S/C12H7ClF3IN2/c13-10-5-7(12(14,15)16)6-11(19-10)18-9-3-1-8(17)2-4-9/h1-6H,(H,18,19). The second-order valence-corrected chi connectivity index (χ2v) is 5.33. The number of nitrogens with zero attached hydrogens (tertiary/aromatic N) is 1. The molecule has 1 heterocycles. The lowest BCUT2D eigenvalue weighted by molar-refractivity contribution is -0.137. The molecule has 0 aliphatic heterocycles. The number of alkyl halides is 3. The summed E-state index contributed by atoms with van der Waals surface area (Å²) in [6, 6.07) is 8.87. The Balaban J connectivity index is 2.30. The molecule has 2 aromatic rings. The molecule has 0 bridgehead atoms. The van der Waals surface area contributed by atoms with Crippen LogP contribution < -0.4 is 5.32 Å². The molecule has 7 heteroatoms. The maximum absolute atomic E-state index is 12.6. The topological polar surface area (TPSA) is 24.9 Å². The van der Waals surface area contributed by atoms with Crippen molar-refractivity contribution >= 4 is 45.7 Å². The Morgan fingerprint density at radius 1 is 1.11 bits per heavy atom. The largest absolute Gasteiger partial charge is 0.416 e. The van der Waals surface area contributed by atoms with Crippen molar-refractivity contribution in [3.8, 4) is 0 Å². The molecule has 0 radical (unpaired) electrons. The van der Waals surface area contributed by atoms with E-state index in [0.717, 1.165) is 15.7 Å². The lowest BCUT2D eigenvalue weighted by Crippen LogP contribution is -2.06. The lowest BCUT2D eigenvalue weighted by atomic mass is 10.2. The van der Waals surface area contributed by atoms with Crippen molar-refractivity contribution in [2.45, 2.75) is 6.18 Å². The van der Waals surface area contributed by atoms with Crippen LogP contribution in [-0.4, -0.2) is 4.98 Å². The highest BCUT2D eigenvalue weighted by Gasteiger charge is 2.31. The fourth-order valence-corrected chi connectivity index (χ4v) is 1.97. The Labute approximate surface area is 126 Å². The first kappa shape index (κ1) is 14.4. The molecule has 1 aromatic heterocycles. The summed E-state index contributed by atoms with van der Waals surface area (Å²) in [5.41, 5.74) is -0.191. The van der Waals surface area contributed by atoms with Crippen LogP contribution in [0.15, 0.2) is 36.4 Å². The van der Waals surface area contributed by atoms with E-state index < -0.39 is 11.7 Å². The Hall–Kier alpha value is -1.02. The zero-order chi connectivity index (χ0) is 14.0. The molecule has 0 fully saturated rings. The third kappa shape index (κ3) is 3.97.